The van der Waals surface area contributed by atoms with Crippen LogP contribution in [-0.4, -0.2) is 126 Å². The van der Waals surface area contributed by atoms with Crippen LogP contribution in [0.2, 0.25) is 0 Å². The molecule has 0 aromatic carbocycles. The molecule has 0 rings (SSSR count). The van der Waals surface area contributed by atoms with Crippen LogP contribution in [0.5, 0.6) is 0 Å². The Morgan fingerprint density at radius 3 is 0.868 bits per heavy atom. The van der Waals surface area contributed by atoms with E-state index in [-0.39, 0.29) is 110 Å². The maximum Gasteiger partial charge on any atom is 0.222 e. The summed E-state index contributed by atoms with van der Waals surface area (Å²) in [5.41, 5.74) is -1.16. The summed E-state index contributed by atoms with van der Waals surface area (Å²) in [6.07, 6.45) is 21.7. The monoisotopic (exact) mass is 1100 g/mol. The number of carbonyl (C=O) groups is 7. The second-order valence-electron chi connectivity index (χ2n) is 18.3. The Morgan fingerprint density at radius 1 is 0.316 bits per heavy atom. The van der Waals surface area contributed by atoms with Crippen molar-refractivity contribution in [1.82, 2.24) is 37.2 Å². The fraction of sp³-hybridized carbons (Fsp3) is 0.881. The van der Waals surface area contributed by atoms with Crippen LogP contribution in [0.3, 0.4) is 0 Å². The van der Waals surface area contributed by atoms with E-state index in [9.17, 15) is 33.6 Å². The quantitative estimate of drug-likeness (QED) is 0.0285. The number of hydrogen-bond acceptors (Lipinski definition) is 10. The van der Waals surface area contributed by atoms with Crippen LogP contribution in [0, 0.1) is 0 Å². The highest BCUT2D eigenvalue weighted by molar-refractivity contribution is 5.78. The van der Waals surface area contributed by atoms with Crippen molar-refractivity contribution in [2.75, 3.05) is 78.9 Å². The summed E-state index contributed by atoms with van der Waals surface area (Å²) < 4.78 is 18.2. The van der Waals surface area contributed by atoms with Gasteiger partial charge in [0, 0.05) is 94.2 Å². The minimum atomic E-state index is -1.16. The van der Waals surface area contributed by atoms with Gasteiger partial charge in [0.1, 0.15) is 5.54 Å². The second-order valence-corrected chi connectivity index (χ2v) is 18.3. The summed E-state index contributed by atoms with van der Waals surface area (Å²) in [5, 5.41) is 20.5. The van der Waals surface area contributed by atoms with Gasteiger partial charge in [-0.25, -0.2) is 0 Å². The van der Waals surface area contributed by atoms with Gasteiger partial charge < -0.3 is 51.4 Å². The Labute approximate surface area is 476 Å². The number of amides is 7. The highest BCUT2D eigenvalue weighted by Gasteiger charge is 2.34. The molecule has 0 heterocycles. The van der Waals surface area contributed by atoms with Crippen LogP contribution in [0.25, 0.3) is 0 Å². The second kappa shape index (κ2) is 67.3. The molecule has 0 radical (unpaired) electrons. The molecule has 0 bridgehead atoms. The summed E-state index contributed by atoms with van der Waals surface area (Å²) in [6, 6.07) is 0. The van der Waals surface area contributed by atoms with Crippen molar-refractivity contribution in [3.8, 4) is 0 Å². The Bertz CT molecular complexity index is 1310. The Hall–Kier alpha value is -3.83. The molecular weight excluding hydrogens is 967 g/mol. The Morgan fingerprint density at radius 2 is 0.579 bits per heavy atom. The predicted octanol–water partition coefficient (Wildman–Crippen LogP) is 12.0. The minimum absolute atomic E-state index is 0. The number of hydrogen-bond donors (Lipinski definition) is 7. The third-order valence-electron chi connectivity index (χ3n) is 11.1. The molecule has 0 saturated carbocycles. The van der Waals surface area contributed by atoms with Crippen LogP contribution in [0.1, 0.15) is 266 Å². The first kappa shape index (κ1) is 81.0. The highest BCUT2D eigenvalue weighted by atomic mass is 16.5. The van der Waals surface area contributed by atoms with E-state index in [1.54, 1.807) is 0 Å². The van der Waals surface area contributed by atoms with E-state index in [0.717, 1.165) is 89.9 Å². The first-order valence-electron chi connectivity index (χ1n) is 30.6. The van der Waals surface area contributed by atoms with Gasteiger partial charge >= 0.3 is 0 Å². The normalized spacial score (nSPS) is 10.3. The zero-order valence-electron chi connectivity index (χ0n) is 51.2. The largest absolute Gasteiger partial charge is 0.378 e. The van der Waals surface area contributed by atoms with Crippen LogP contribution in [0.15, 0.2) is 0 Å². The van der Waals surface area contributed by atoms with Gasteiger partial charge in [0.25, 0.3) is 0 Å². The van der Waals surface area contributed by atoms with E-state index in [0.29, 0.717) is 65.0 Å². The van der Waals surface area contributed by atoms with Crippen molar-refractivity contribution >= 4 is 41.4 Å². The first-order valence-corrected chi connectivity index (χ1v) is 30.6. The number of rotatable bonds is 48. The third kappa shape index (κ3) is 62.7. The van der Waals surface area contributed by atoms with Gasteiger partial charge in [-0.15, -0.1) is 0 Å². The van der Waals surface area contributed by atoms with Gasteiger partial charge in [-0.1, -0.05) is 141 Å². The number of nitrogens with one attached hydrogen (secondary N) is 7. The lowest BCUT2D eigenvalue weighted by molar-refractivity contribution is -0.130. The Balaban J connectivity index is -0.000000297. The average molecular weight is 1100 g/mol. The van der Waals surface area contributed by atoms with E-state index < -0.39 is 5.54 Å². The maximum absolute atomic E-state index is 13.6. The summed E-state index contributed by atoms with van der Waals surface area (Å²) in [4.78, 5) is 86.1. The molecule has 0 atom stereocenters. The Kier molecular flexibility index (Phi) is 71.7. The van der Waals surface area contributed by atoms with Crippen molar-refractivity contribution < 1.29 is 57.8 Å². The lowest BCUT2D eigenvalue weighted by Crippen LogP contribution is -2.58. The summed E-state index contributed by atoms with van der Waals surface area (Å²) in [6.45, 7) is 27.7. The standard InChI is InChI=1S/C50H95N7O10.C3H8.3C2H6.7H2/c1-5-9-10-11-12-13-14-15-19-27-49(64)57-50(40-65-37-28-46(61)54-34-23-16-20-31-51-43(58)7-3,41-66-38-29-47(62)55-35-24-17-21-32-52-44(59)8-4)42-67-39-30-48(63)56-36-25-18-22-33-53-45(60)26-6-2;1-3-2;3*1-2;;;;;;;/h5-42H2,1-4H3,(H,51,58)(H,52,59)(H,53,60)(H,54,61)(H,55,62)(H,56,63)(H,57,64);3H2,1-2H3;3*1-2H3;7*1H. The van der Waals surface area contributed by atoms with E-state index in [1.807, 2.05) is 62.3 Å². The lowest BCUT2D eigenvalue weighted by atomic mass is 10.0. The first-order chi connectivity index (χ1) is 36.9. The topological polar surface area (TPSA) is 231 Å². The molecule has 0 aliphatic rings. The molecule has 7 N–H and O–H groups in total. The summed E-state index contributed by atoms with van der Waals surface area (Å²) in [5.74, 6) is -0.547. The molecule has 0 aromatic rings. The number of ether oxygens (including phenoxy) is 3. The van der Waals surface area contributed by atoms with Gasteiger partial charge in [-0.3, -0.25) is 33.6 Å². The minimum Gasteiger partial charge on any atom is -0.378 e. The molecule has 0 spiro atoms. The van der Waals surface area contributed by atoms with Crippen LogP contribution < -0.4 is 37.2 Å². The van der Waals surface area contributed by atoms with E-state index in [2.05, 4.69) is 58.0 Å². The molecule has 0 saturated heterocycles. The fourth-order valence-corrected chi connectivity index (χ4v) is 6.96. The fourth-order valence-electron chi connectivity index (χ4n) is 6.96. The van der Waals surface area contributed by atoms with Crippen molar-refractivity contribution in [1.29, 1.82) is 0 Å². The molecule has 7 amide bonds. The number of unbranched alkanes of at least 4 members (excludes halogenated alkanes) is 14. The number of carbonyl (C=O) groups excluding carboxylic acids is 7. The highest BCUT2D eigenvalue weighted by Crippen LogP contribution is 2.14. The molecule has 17 nitrogen and oxygen atoms in total. The molecule has 0 unspecified atom stereocenters. The zero-order valence-corrected chi connectivity index (χ0v) is 51.2. The molecule has 0 aliphatic carbocycles. The van der Waals surface area contributed by atoms with Gasteiger partial charge in [-0.2, -0.15) is 0 Å². The van der Waals surface area contributed by atoms with E-state index in [1.165, 1.54) is 38.5 Å². The molecule has 17 heteroatoms. The van der Waals surface area contributed by atoms with E-state index >= 15 is 0 Å². The maximum atomic E-state index is 13.6. The third-order valence-corrected chi connectivity index (χ3v) is 11.1. The van der Waals surface area contributed by atoms with Gasteiger partial charge in [-0.05, 0) is 70.6 Å². The summed E-state index contributed by atoms with van der Waals surface area (Å²) in [7, 11) is 0. The van der Waals surface area contributed by atoms with Gasteiger partial charge in [0.05, 0.1) is 39.6 Å². The van der Waals surface area contributed by atoms with Crippen molar-refractivity contribution in [2.24, 2.45) is 0 Å². The predicted molar refractivity (Wildman–Crippen MR) is 329 cm³/mol. The molecule has 0 aromatic heterocycles. The van der Waals surface area contributed by atoms with Gasteiger partial charge in [0.2, 0.25) is 41.4 Å². The molecule has 466 valence electrons. The zero-order chi connectivity index (χ0) is 58.2. The molecule has 0 aliphatic heterocycles. The smallest absolute Gasteiger partial charge is 0.222 e. The van der Waals surface area contributed by atoms with Crippen LogP contribution in [-0.2, 0) is 47.8 Å². The van der Waals surface area contributed by atoms with Crippen molar-refractivity contribution in [3.05, 3.63) is 0 Å². The molecular formula is C59H135N7O10. The lowest BCUT2D eigenvalue weighted by Gasteiger charge is -2.34. The summed E-state index contributed by atoms with van der Waals surface area (Å²) >= 11 is 0. The van der Waals surface area contributed by atoms with Crippen LogP contribution in [0.4, 0.5) is 0 Å². The average Bonchev–Trinajstić information content (AvgIpc) is 3.42. The van der Waals surface area contributed by atoms with Crippen LogP contribution >= 0.6 is 0 Å². The molecule has 76 heavy (non-hydrogen) atoms. The van der Waals surface area contributed by atoms with E-state index in [4.69, 9.17) is 14.2 Å². The SMILES string of the molecule is CC.CC.CC.CCC.CCCCCCCCCCCC(=O)NC(COCCC(=O)NCCCCCNC(=O)CC)(COCCC(=O)NCCCCCNC(=O)CC)COCCC(=O)NCCCCCNC(=O)CCC.[HH].[HH].[HH].[HH].[HH].[HH].[HH]. The van der Waals surface area contributed by atoms with Gasteiger partial charge in [0.15, 0.2) is 0 Å². The molecule has 0 fully saturated rings. The van der Waals surface area contributed by atoms with Crippen molar-refractivity contribution in [3.63, 3.8) is 0 Å². The van der Waals surface area contributed by atoms with Crippen molar-refractivity contribution in [2.45, 2.75) is 262 Å².